The van der Waals surface area contributed by atoms with Crippen molar-refractivity contribution in [3.63, 3.8) is 0 Å². The lowest BCUT2D eigenvalue weighted by Crippen LogP contribution is -2.34. The van der Waals surface area contributed by atoms with Crippen LogP contribution in [0, 0.1) is 11.3 Å². The molecular weight excluding hydrogens is 196 g/mol. The van der Waals surface area contributed by atoms with Crippen molar-refractivity contribution in [1.29, 1.82) is 0 Å². The van der Waals surface area contributed by atoms with Crippen LogP contribution < -0.4 is 5.73 Å². The van der Waals surface area contributed by atoms with Gasteiger partial charge in [-0.25, -0.2) is 0 Å². The molecule has 0 aromatic rings. The van der Waals surface area contributed by atoms with Gasteiger partial charge in [-0.2, -0.15) is 0 Å². The van der Waals surface area contributed by atoms with Crippen molar-refractivity contribution in [3.8, 4) is 0 Å². The van der Waals surface area contributed by atoms with E-state index >= 15 is 0 Å². The molecule has 0 saturated heterocycles. The van der Waals surface area contributed by atoms with Crippen LogP contribution in [-0.2, 0) is 0 Å². The van der Waals surface area contributed by atoms with Crippen molar-refractivity contribution < 1.29 is 0 Å². The minimum absolute atomic E-state index is 0.374. The van der Waals surface area contributed by atoms with E-state index in [2.05, 4.69) is 25.8 Å². The van der Waals surface area contributed by atoms with Crippen molar-refractivity contribution in [2.75, 3.05) is 26.7 Å². The molecule has 1 aliphatic carbocycles. The van der Waals surface area contributed by atoms with Crippen LogP contribution in [0.2, 0.25) is 0 Å². The summed E-state index contributed by atoms with van der Waals surface area (Å²) in [5.74, 6) is 1.01. The molecule has 0 bridgehead atoms. The summed E-state index contributed by atoms with van der Waals surface area (Å²) >= 11 is 0. The molecule has 1 saturated carbocycles. The van der Waals surface area contributed by atoms with E-state index in [1.54, 1.807) is 0 Å². The standard InChI is InChI=1S/C14H30N2/c1-14(2,9-10-15)12-16(3)11-8-13-6-4-5-7-13/h13H,4-12,15H2,1-3H3. The van der Waals surface area contributed by atoms with E-state index in [0.717, 1.165) is 18.9 Å². The lowest BCUT2D eigenvalue weighted by Gasteiger charge is -2.30. The molecule has 96 valence electrons. The maximum atomic E-state index is 5.65. The molecule has 0 unspecified atom stereocenters. The first-order chi connectivity index (χ1) is 7.53. The smallest absolute Gasteiger partial charge is 0.00301 e. The van der Waals surface area contributed by atoms with Crippen LogP contribution in [0.3, 0.4) is 0 Å². The number of rotatable bonds is 7. The Hall–Kier alpha value is -0.0800. The Balaban J connectivity index is 2.16. The van der Waals surface area contributed by atoms with E-state index in [-0.39, 0.29) is 0 Å². The molecule has 0 heterocycles. The molecule has 0 atom stereocenters. The first-order valence-electron chi connectivity index (χ1n) is 6.92. The molecular formula is C14H30N2. The van der Waals surface area contributed by atoms with Crippen LogP contribution in [0.25, 0.3) is 0 Å². The van der Waals surface area contributed by atoms with Gasteiger partial charge in [-0.1, -0.05) is 39.5 Å². The molecule has 0 aromatic carbocycles. The van der Waals surface area contributed by atoms with Crippen LogP contribution in [0.1, 0.15) is 52.4 Å². The SMILES string of the molecule is CN(CCC1CCCC1)CC(C)(C)CCN. The summed E-state index contributed by atoms with van der Waals surface area (Å²) in [6.45, 7) is 7.90. The molecule has 1 aliphatic rings. The summed E-state index contributed by atoms with van der Waals surface area (Å²) in [5.41, 5.74) is 6.02. The number of hydrogen-bond donors (Lipinski definition) is 1. The fourth-order valence-electron chi connectivity index (χ4n) is 2.98. The normalized spacial score (nSPS) is 18.6. The molecule has 2 heteroatoms. The van der Waals surface area contributed by atoms with Crippen LogP contribution >= 0.6 is 0 Å². The zero-order chi connectivity index (χ0) is 12.0. The van der Waals surface area contributed by atoms with Gasteiger partial charge < -0.3 is 10.6 Å². The summed E-state index contributed by atoms with van der Waals surface area (Å²) in [5, 5.41) is 0. The van der Waals surface area contributed by atoms with Gasteiger partial charge in [0, 0.05) is 6.54 Å². The van der Waals surface area contributed by atoms with Crippen LogP contribution in [0.4, 0.5) is 0 Å². The third-order valence-electron chi connectivity index (χ3n) is 3.91. The third-order valence-corrected chi connectivity index (χ3v) is 3.91. The lowest BCUT2D eigenvalue weighted by molar-refractivity contribution is 0.191. The molecule has 16 heavy (non-hydrogen) atoms. The second kappa shape index (κ2) is 6.61. The van der Waals surface area contributed by atoms with Gasteiger partial charge in [0.1, 0.15) is 0 Å². The first-order valence-corrected chi connectivity index (χ1v) is 6.92. The molecule has 0 radical (unpaired) electrons. The molecule has 0 amide bonds. The quantitative estimate of drug-likeness (QED) is 0.723. The van der Waals surface area contributed by atoms with Gasteiger partial charge in [0.25, 0.3) is 0 Å². The highest BCUT2D eigenvalue weighted by Gasteiger charge is 2.20. The average molecular weight is 226 g/mol. The summed E-state index contributed by atoms with van der Waals surface area (Å²) in [4.78, 5) is 2.49. The number of hydrogen-bond acceptors (Lipinski definition) is 2. The predicted octanol–water partition coefficient (Wildman–Crippen LogP) is 2.87. The Kier molecular flexibility index (Phi) is 5.77. The Labute approximate surface area is 102 Å². The van der Waals surface area contributed by atoms with Crippen molar-refractivity contribution in [2.24, 2.45) is 17.1 Å². The van der Waals surface area contributed by atoms with Gasteiger partial charge in [-0.15, -0.1) is 0 Å². The monoisotopic (exact) mass is 226 g/mol. The molecule has 2 N–H and O–H groups in total. The highest BCUT2D eigenvalue weighted by Crippen LogP contribution is 2.28. The third kappa shape index (κ3) is 5.31. The van der Waals surface area contributed by atoms with E-state index < -0.39 is 0 Å². The van der Waals surface area contributed by atoms with Crippen LogP contribution in [0.5, 0.6) is 0 Å². The van der Waals surface area contributed by atoms with Gasteiger partial charge >= 0.3 is 0 Å². The second-order valence-corrected chi connectivity index (χ2v) is 6.38. The highest BCUT2D eigenvalue weighted by molar-refractivity contribution is 4.74. The number of nitrogens with two attached hydrogens (primary N) is 1. The zero-order valence-electron chi connectivity index (χ0n) is 11.5. The van der Waals surface area contributed by atoms with Gasteiger partial charge in [-0.3, -0.25) is 0 Å². The van der Waals surface area contributed by atoms with Crippen molar-refractivity contribution in [2.45, 2.75) is 52.4 Å². The van der Waals surface area contributed by atoms with Gasteiger partial charge in [0.15, 0.2) is 0 Å². The fraction of sp³-hybridized carbons (Fsp3) is 1.00. The average Bonchev–Trinajstić information content (AvgIpc) is 2.66. The van der Waals surface area contributed by atoms with Crippen molar-refractivity contribution >= 4 is 0 Å². The predicted molar refractivity (Wildman–Crippen MR) is 71.5 cm³/mol. The summed E-state index contributed by atoms with van der Waals surface area (Å²) < 4.78 is 0. The Morgan fingerprint density at radius 1 is 1.25 bits per heavy atom. The van der Waals surface area contributed by atoms with E-state index in [1.807, 2.05) is 0 Å². The van der Waals surface area contributed by atoms with E-state index in [1.165, 1.54) is 45.2 Å². The van der Waals surface area contributed by atoms with Crippen LogP contribution in [-0.4, -0.2) is 31.6 Å². The van der Waals surface area contributed by atoms with Crippen molar-refractivity contribution in [3.05, 3.63) is 0 Å². The molecule has 1 fully saturated rings. The number of nitrogens with zero attached hydrogens (tertiary/aromatic N) is 1. The van der Waals surface area contributed by atoms with Gasteiger partial charge in [0.05, 0.1) is 0 Å². The van der Waals surface area contributed by atoms with E-state index in [9.17, 15) is 0 Å². The maximum Gasteiger partial charge on any atom is 0.00301 e. The molecule has 0 aliphatic heterocycles. The largest absolute Gasteiger partial charge is 0.330 e. The maximum absolute atomic E-state index is 5.65. The summed E-state index contributed by atoms with van der Waals surface area (Å²) in [6, 6.07) is 0. The van der Waals surface area contributed by atoms with Crippen molar-refractivity contribution in [1.82, 2.24) is 4.90 Å². The minimum Gasteiger partial charge on any atom is -0.330 e. The summed E-state index contributed by atoms with van der Waals surface area (Å²) in [6.07, 6.45) is 8.40. The molecule has 1 rings (SSSR count). The Morgan fingerprint density at radius 3 is 2.44 bits per heavy atom. The molecule has 0 spiro atoms. The lowest BCUT2D eigenvalue weighted by atomic mass is 9.88. The van der Waals surface area contributed by atoms with Crippen LogP contribution in [0.15, 0.2) is 0 Å². The second-order valence-electron chi connectivity index (χ2n) is 6.38. The highest BCUT2D eigenvalue weighted by atomic mass is 15.1. The summed E-state index contributed by atoms with van der Waals surface area (Å²) in [7, 11) is 2.26. The van der Waals surface area contributed by atoms with E-state index in [0.29, 0.717) is 5.41 Å². The van der Waals surface area contributed by atoms with E-state index in [4.69, 9.17) is 5.73 Å². The first kappa shape index (κ1) is 14.0. The van der Waals surface area contributed by atoms with Gasteiger partial charge in [0.2, 0.25) is 0 Å². The topological polar surface area (TPSA) is 29.3 Å². The molecule has 0 aromatic heterocycles. The fourth-order valence-corrected chi connectivity index (χ4v) is 2.98. The van der Waals surface area contributed by atoms with Gasteiger partial charge in [-0.05, 0) is 44.3 Å². The zero-order valence-corrected chi connectivity index (χ0v) is 11.5. The minimum atomic E-state index is 0.374. The Bertz CT molecular complexity index is 183. The Morgan fingerprint density at radius 2 is 1.88 bits per heavy atom. The molecule has 2 nitrogen and oxygen atoms in total.